The van der Waals surface area contributed by atoms with E-state index in [-0.39, 0.29) is 26.3 Å². The van der Waals surface area contributed by atoms with Crippen molar-refractivity contribution in [1.82, 2.24) is 4.73 Å². The van der Waals surface area contributed by atoms with Gasteiger partial charge < -0.3 is 0 Å². The standard InChI is InChI=1S/C23H12F3NO5S/c24-23(25,26)33(30,31)32-27-21(28)19-11-15-7-3-1-5-13(15)9-17(19)18-10-14-6-2-4-8-16(14)12-20(18)22(27)29/h1-12H. The van der Waals surface area contributed by atoms with Crippen LogP contribution in [0, 0.1) is 0 Å². The topological polar surface area (TPSA) is 82.4 Å². The molecule has 0 N–H and O–H groups in total. The van der Waals surface area contributed by atoms with Gasteiger partial charge in [-0.25, -0.2) is 0 Å². The van der Waals surface area contributed by atoms with Crippen LogP contribution in [0.3, 0.4) is 0 Å². The number of hydrogen-bond acceptors (Lipinski definition) is 5. The summed E-state index contributed by atoms with van der Waals surface area (Å²) in [6, 6.07) is 19.9. The Morgan fingerprint density at radius 1 is 0.636 bits per heavy atom. The summed E-state index contributed by atoms with van der Waals surface area (Å²) in [7, 11) is -6.29. The molecule has 0 unspecified atom stereocenters. The van der Waals surface area contributed by atoms with Crippen molar-refractivity contribution in [3.63, 3.8) is 0 Å². The monoisotopic (exact) mass is 471 g/mol. The number of benzene rings is 4. The van der Waals surface area contributed by atoms with Gasteiger partial charge in [0, 0.05) is 0 Å². The summed E-state index contributed by atoms with van der Waals surface area (Å²) in [5, 5.41) is 2.76. The zero-order chi connectivity index (χ0) is 23.5. The number of aromatic nitrogens is 1. The summed E-state index contributed by atoms with van der Waals surface area (Å²) in [5.74, 6) is 0. The van der Waals surface area contributed by atoms with E-state index < -0.39 is 26.7 Å². The van der Waals surface area contributed by atoms with Gasteiger partial charge in [-0.2, -0.15) is 21.6 Å². The maximum atomic E-state index is 13.2. The van der Waals surface area contributed by atoms with Gasteiger partial charge in [0.1, 0.15) is 0 Å². The lowest BCUT2D eigenvalue weighted by Crippen LogP contribution is -2.43. The quantitative estimate of drug-likeness (QED) is 0.362. The highest BCUT2D eigenvalue weighted by Gasteiger charge is 2.49. The highest BCUT2D eigenvalue weighted by atomic mass is 32.2. The molecule has 0 saturated heterocycles. The molecule has 0 aliphatic rings. The smallest absolute Gasteiger partial charge is 0.274 e. The van der Waals surface area contributed by atoms with E-state index in [4.69, 9.17) is 0 Å². The lowest BCUT2D eigenvalue weighted by Gasteiger charge is -2.08. The average molecular weight is 471 g/mol. The molecular weight excluding hydrogens is 459 g/mol. The number of hydrogen-bond donors (Lipinski definition) is 0. The van der Waals surface area contributed by atoms with Crippen LogP contribution in [0.25, 0.3) is 43.1 Å². The van der Waals surface area contributed by atoms with E-state index in [2.05, 4.69) is 4.28 Å². The second kappa shape index (κ2) is 7.04. The number of alkyl halides is 3. The van der Waals surface area contributed by atoms with Crippen LogP contribution in [0.4, 0.5) is 13.2 Å². The minimum atomic E-state index is -6.29. The first-order valence-corrected chi connectivity index (χ1v) is 10.9. The minimum Gasteiger partial charge on any atom is -0.274 e. The lowest BCUT2D eigenvalue weighted by atomic mass is 9.99. The predicted molar refractivity (Wildman–Crippen MR) is 119 cm³/mol. The van der Waals surface area contributed by atoms with Crippen LogP contribution < -0.4 is 15.4 Å². The van der Waals surface area contributed by atoms with Gasteiger partial charge in [-0.1, -0.05) is 53.3 Å². The van der Waals surface area contributed by atoms with E-state index >= 15 is 0 Å². The molecule has 10 heteroatoms. The average Bonchev–Trinajstić information content (AvgIpc) is 2.85. The molecule has 0 aliphatic carbocycles. The van der Waals surface area contributed by atoms with Gasteiger partial charge in [-0.05, 0) is 56.6 Å². The first kappa shape index (κ1) is 21.0. The van der Waals surface area contributed by atoms with Gasteiger partial charge >= 0.3 is 15.6 Å². The van der Waals surface area contributed by atoms with Gasteiger partial charge in [0.25, 0.3) is 11.1 Å². The fraction of sp³-hybridized carbons (Fsp3) is 0.0435. The van der Waals surface area contributed by atoms with Crippen molar-refractivity contribution in [3.05, 3.63) is 93.5 Å². The fourth-order valence-electron chi connectivity index (χ4n) is 3.80. The molecule has 4 aromatic carbocycles. The van der Waals surface area contributed by atoms with Crippen molar-refractivity contribution in [1.29, 1.82) is 0 Å². The second-order valence-corrected chi connectivity index (χ2v) is 8.89. The van der Waals surface area contributed by atoms with Crippen LogP contribution in [0.5, 0.6) is 0 Å². The molecule has 1 heterocycles. The van der Waals surface area contributed by atoms with E-state index in [1.807, 2.05) is 0 Å². The second-order valence-electron chi connectivity index (χ2n) is 7.37. The molecule has 0 amide bonds. The maximum absolute atomic E-state index is 13.2. The van der Waals surface area contributed by atoms with Crippen molar-refractivity contribution in [3.8, 4) is 0 Å². The van der Waals surface area contributed by atoms with Gasteiger partial charge in [0.15, 0.2) is 0 Å². The first-order valence-electron chi connectivity index (χ1n) is 9.52. The van der Waals surface area contributed by atoms with Crippen LogP contribution in [0.1, 0.15) is 0 Å². The van der Waals surface area contributed by atoms with Crippen molar-refractivity contribution in [2.45, 2.75) is 5.51 Å². The van der Waals surface area contributed by atoms with Crippen LogP contribution in [0.2, 0.25) is 0 Å². The van der Waals surface area contributed by atoms with Crippen molar-refractivity contribution >= 4 is 53.2 Å². The highest BCUT2D eigenvalue weighted by Crippen LogP contribution is 2.29. The molecule has 0 aliphatic heterocycles. The van der Waals surface area contributed by atoms with E-state index in [1.54, 1.807) is 60.7 Å². The SMILES string of the molecule is O=c1c2cc3ccccc3cc2c2cc3ccccc3cc2c(=O)n1OS(=O)(=O)C(F)(F)F. The van der Waals surface area contributed by atoms with Crippen LogP contribution in [-0.4, -0.2) is 18.7 Å². The molecule has 0 fully saturated rings. The van der Waals surface area contributed by atoms with E-state index in [1.165, 1.54) is 12.1 Å². The molecule has 5 rings (SSSR count). The number of nitrogens with zero attached hydrogens (tertiary/aromatic N) is 1. The molecule has 33 heavy (non-hydrogen) atoms. The lowest BCUT2D eigenvalue weighted by molar-refractivity contribution is -0.0551. The molecular formula is C23H12F3NO5S. The van der Waals surface area contributed by atoms with Crippen LogP contribution in [-0.2, 0) is 10.1 Å². The molecule has 166 valence electrons. The van der Waals surface area contributed by atoms with E-state index in [9.17, 15) is 31.2 Å². The van der Waals surface area contributed by atoms with Crippen molar-refractivity contribution in [2.75, 3.05) is 0 Å². The Morgan fingerprint density at radius 2 is 0.970 bits per heavy atom. The zero-order valence-corrected chi connectivity index (χ0v) is 17.3. The molecule has 0 bridgehead atoms. The number of rotatable bonds is 2. The van der Waals surface area contributed by atoms with Gasteiger partial charge in [-0.3, -0.25) is 13.9 Å². The summed E-state index contributed by atoms with van der Waals surface area (Å²) in [6.07, 6.45) is 0. The van der Waals surface area contributed by atoms with E-state index in [0.717, 1.165) is 0 Å². The molecule has 0 atom stereocenters. The van der Waals surface area contributed by atoms with Gasteiger partial charge in [-0.15, -0.1) is 0 Å². The largest absolute Gasteiger partial charge is 0.536 e. The summed E-state index contributed by atoms with van der Waals surface area (Å²) >= 11 is 0. The molecule has 0 radical (unpaired) electrons. The summed E-state index contributed by atoms with van der Waals surface area (Å²) in [6.45, 7) is 0. The van der Waals surface area contributed by atoms with Crippen molar-refractivity contribution in [2.24, 2.45) is 0 Å². The Labute approximate surface area is 183 Å². The summed E-state index contributed by atoms with van der Waals surface area (Å²) in [4.78, 5) is 26.4. The Balaban J connectivity index is 2.05. The molecule has 1 aromatic heterocycles. The van der Waals surface area contributed by atoms with Crippen LogP contribution >= 0.6 is 0 Å². The Morgan fingerprint density at radius 3 is 1.30 bits per heavy atom. The third-order valence-corrected chi connectivity index (χ3v) is 6.26. The van der Waals surface area contributed by atoms with Gasteiger partial charge in [0.05, 0.1) is 10.8 Å². The third-order valence-electron chi connectivity index (χ3n) is 5.35. The minimum absolute atomic E-state index is 0.173. The Hall–Kier alpha value is -3.92. The Bertz CT molecular complexity index is 1730. The maximum Gasteiger partial charge on any atom is 0.536 e. The third kappa shape index (κ3) is 3.30. The van der Waals surface area contributed by atoms with Gasteiger partial charge in [0.2, 0.25) is 0 Å². The number of halogens is 3. The highest BCUT2D eigenvalue weighted by molar-refractivity contribution is 7.87. The first-order chi connectivity index (χ1) is 15.6. The summed E-state index contributed by atoms with van der Waals surface area (Å²) < 4.78 is 66.1. The molecule has 5 aromatic rings. The van der Waals surface area contributed by atoms with Crippen LogP contribution in [0.15, 0.2) is 82.4 Å². The van der Waals surface area contributed by atoms with Crippen molar-refractivity contribution < 1.29 is 25.9 Å². The molecule has 0 spiro atoms. The fourth-order valence-corrected chi connectivity index (χ4v) is 4.22. The van der Waals surface area contributed by atoms with E-state index in [0.29, 0.717) is 21.5 Å². The summed E-state index contributed by atoms with van der Waals surface area (Å²) in [5.41, 5.74) is -8.49. The molecule has 0 saturated carbocycles. The molecule has 6 nitrogen and oxygen atoms in total. The normalized spacial score (nSPS) is 12.6. The Kier molecular flexibility index (Phi) is 4.47. The number of fused-ring (bicyclic) bond motifs is 5. The predicted octanol–water partition coefficient (Wildman–Crippen LogP) is 4.10. The zero-order valence-electron chi connectivity index (χ0n) is 16.5.